The molecule has 4 rings (SSSR count). The van der Waals surface area contributed by atoms with Crippen molar-refractivity contribution in [3.8, 4) is 10.8 Å². The van der Waals surface area contributed by atoms with E-state index in [0.717, 1.165) is 8.66 Å². The molecule has 27 heavy (non-hydrogen) atoms. The van der Waals surface area contributed by atoms with Gasteiger partial charge < -0.3 is 4.42 Å². The monoisotopic (exact) mass is 490 g/mol. The summed E-state index contributed by atoms with van der Waals surface area (Å²) in [5.41, 5.74) is 0. The third-order valence-electron chi connectivity index (χ3n) is 4.15. The Hall–Kier alpha value is -1.31. The molecule has 0 radical (unpaired) electrons. The Labute approximate surface area is 171 Å². The number of aromatic nitrogens is 2. The second kappa shape index (κ2) is 7.60. The molecule has 8 nitrogen and oxygen atoms in total. The summed E-state index contributed by atoms with van der Waals surface area (Å²) >= 11 is 5.95. The van der Waals surface area contributed by atoms with E-state index in [-0.39, 0.29) is 6.67 Å². The zero-order valence-corrected chi connectivity index (χ0v) is 18.0. The Morgan fingerprint density at radius 3 is 2.59 bits per heavy atom. The van der Waals surface area contributed by atoms with Crippen molar-refractivity contribution in [3.05, 3.63) is 44.0 Å². The van der Waals surface area contributed by atoms with E-state index in [0.29, 0.717) is 36.3 Å². The van der Waals surface area contributed by atoms with Crippen molar-refractivity contribution in [2.45, 2.75) is 10.9 Å². The van der Waals surface area contributed by atoms with E-state index >= 15 is 0 Å². The molecule has 0 atom stereocenters. The number of halogens is 1. The average molecular weight is 491 g/mol. The fourth-order valence-corrected chi connectivity index (χ4v) is 6.99. The molecular weight excluding hydrogens is 476 g/mol. The van der Waals surface area contributed by atoms with Gasteiger partial charge in [0.25, 0.3) is 15.9 Å². The Morgan fingerprint density at radius 1 is 1.19 bits per heavy atom. The first-order valence-electron chi connectivity index (χ1n) is 8.03. The highest BCUT2D eigenvalue weighted by atomic mass is 79.9. The van der Waals surface area contributed by atoms with Crippen LogP contribution in [0.15, 0.2) is 46.9 Å². The minimum atomic E-state index is -3.48. The lowest BCUT2D eigenvalue weighted by molar-refractivity contribution is 0.142. The first kappa shape index (κ1) is 19.0. The molecule has 3 aromatic heterocycles. The summed E-state index contributed by atoms with van der Waals surface area (Å²) in [6, 6.07) is 7.05. The molecule has 0 aliphatic carbocycles. The molecule has 12 heteroatoms. The standard InChI is InChI=1S/C15H15BrN4O4S3/c16-12-3-4-13(26-12)27(22,23)19-7-5-18(6-8-19)10-20-15(21)24-14(17-20)11-2-1-9-25-11/h1-4,9H,5-8,10H2. The summed E-state index contributed by atoms with van der Waals surface area (Å²) in [5.74, 6) is -0.212. The van der Waals surface area contributed by atoms with E-state index in [1.165, 1.54) is 31.7 Å². The molecule has 1 aliphatic rings. The molecule has 4 heterocycles. The number of piperazine rings is 1. The topological polar surface area (TPSA) is 88.7 Å². The number of rotatable bonds is 5. The lowest BCUT2D eigenvalue weighted by Crippen LogP contribution is -2.49. The van der Waals surface area contributed by atoms with Gasteiger partial charge in [-0.15, -0.1) is 27.8 Å². The smallest absolute Gasteiger partial charge is 0.387 e. The maximum absolute atomic E-state index is 12.7. The van der Waals surface area contributed by atoms with Crippen molar-refractivity contribution in [3.63, 3.8) is 0 Å². The first-order valence-corrected chi connectivity index (χ1v) is 12.0. The van der Waals surface area contributed by atoms with Crippen molar-refractivity contribution < 1.29 is 12.8 Å². The maximum Gasteiger partial charge on any atom is 0.438 e. The maximum atomic E-state index is 12.7. The van der Waals surface area contributed by atoms with Crippen LogP contribution in [0.2, 0.25) is 0 Å². The molecule has 3 aromatic rings. The SMILES string of the molecule is O=c1oc(-c2cccs2)nn1CN1CCN(S(=O)(=O)c2ccc(Br)s2)CC1. The molecular formula is C15H15BrN4O4S3. The van der Waals surface area contributed by atoms with Crippen LogP contribution >= 0.6 is 38.6 Å². The summed E-state index contributed by atoms with van der Waals surface area (Å²) < 4.78 is 34.4. The molecule has 0 bridgehead atoms. The summed E-state index contributed by atoms with van der Waals surface area (Å²) in [5, 5.41) is 6.12. The lowest BCUT2D eigenvalue weighted by Gasteiger charge is -2.33. The van der Waals surface area contributed by atoms with E-state index in [1.807, 2.05) is 22.4 Å². The Kier molecular flexibility index (Phi) is 5.36. The van der Waals surface area contributed by atoms with Crippen LogP contribution in [0.1, 0.15) is 0 Å². The van der Waals surface area contributed by atoms with Crippen LogP contribution in [0.4, 0.5) is 0 Å². The quantitative estimate of drug-likeness (QED) is 0.545. The van der Waals surface area contributed by atoms with Gasteiger partial charge >= 0.3 is 5.76 Å². The molecule has 0 N–H and O–H groups in total. The number of hydrogen-bond acceptors (Lipinski definition) is 8. The molecule has 144 valence electrons. The molecule has 0 aromatic carbocycles. The van der Waals surface area contributed by atoms with Crippen LogP contribution in [0.5, 0.6) is 0 Å². The third-order valence-corrected chi connectivity index (χ3v) is 8.99. The first-order chi connectivity index (χ1) is 12.9. The van der Waals surface area contributed by atoms with Crippen molar-refractivity contribution >= 4 is 48.6 Å². The average Bonchev–Trinajstić information content (AvgIpc) is 3.38. The Balaban J connectivity index is 1.41. The minimum Gasteiger partial charge on any atom is -0.387 e. The molecule has 0 spiro atoms. The summed E-state index contributed by atoms with van der Waals surface area (Å²) in [7, 11) is -3.48. The van der Waals surface area contributed by atoms with Gasteiger partial charge in [-0.05, 0) is 39.5 Å². The van der Waals surface area contributed by atoms with E-state index in [9.17, 15) is 13.2 Å². The van der Waals surface area contributed by atoms with Crippen LogP contribution in [-0.4, -0.2) is 53.6 Å². The van der Waals surface area contributed by atoms with Crippen LogP contribution in [-0.2, 0) is 16.7 Å². The zero-order chi connectivity index (χ0) is 19.0. The van der Waals surface area contributed by atoms with Crippen LogP contribution < -0.4 is 5.76 Å². The molecule has 1 aliphatic heterocycles. The van der Waals surface area contributed by atoms with Gasteiger partial charge in [0.1, 0.15) is 10.9 Å². The molecule has 1 saturated heterocycles. The van der Waals surface area contributed by atoms with Gasteiger partial charge in [0.2, 0.25) is 0 Å². The van der Waals surface area contributed by atoms with Crippen LogP contribution in [0.3, 0.4) is 0 Å². The summed E-state index contributed by atoms with van der Waals surface area (Å²) in [4.78, 5) is 14.8. The number of nitrogens with zero attached hydrogens (tertiary/aromatic N) is 4. The highest BCUT2D eigenvalue weighted by molar-refractivity contribution is 9.11. The fraction of sp³-hybridized carbons (Fsp3) is 0.333. The Morgan fingerprint density at radius 2 is 1.96 bits per heavy atom. The van der Waals surface area contributed by atoms with E-state index in [1.54, 1.807) is 12.1 Å². The van der Waals surface area contributed by atoms with Gasteiger partial charge in [0.15, 0.2) is 0 Å². The number of hydrogen-bond donors (Lipinski definition) is 0. The van der Waals surface area contributed by atoms with Gasteiger partial charge in [-0.25, -0.2) is 13.2 Å². The van der Waals surface area contributed by atoms with Gasteiger partial charge in [-0.1, -0.05) is 6.07 Å². The van der Waals surface area contributed by atoms with Crippen molar-refractivity contribution in [2.75, 3.05) is 26.2 Å². The fourth-order valence-electron chi connectivity index (χ4n) is 2.76. The van der Waals surface area contributed by atoms with E-state index in [4.69, 9.17) is 4.42 Å². The highest BCUT2D eigenvalue weighted by Gasteiger charge is 2.30. The largest absolute Gasteiger partial charge is 0.438 e. The number of sulfonamides is 1. The zero-order valence-electron chi connectivity index (χ0n) is 13.9. The lowest BCUT2D eigenvalue weighted by atomic mass is 10.4. The third kappa shape index (κ3) is 3.96. The molecule has 0 saturated carbocycles. The van der Waals surface area contributed by atoms with Crippen molar-refractivity contribution in [1.29, 1.82) is 0 Å². The van der Waals surface area contributed by atoms with E-state index in [2.05, 4.69) is 21.0 Å². The molecule has 1 fully saturated rings. The summed E-state index contributed by atoms with van der Waals surface area (Å²) in [6.45, 7) is 2.02. The predicted octanol–water partition coefficient (Wildman–Crippen LogP) is 2.35. The van der Waals surface area contributed by atoms with Crippen molar-refractivity contribution in [2.24, 2.45) is 0 Å². The van der Waals surface area contributed by atoms with Gasteiger partial charge in [0, 0.05) is 26.2 Å². The predicted molar refractivity (Wildman–Crippen MR) is 106 cm³/mol. The van der Waals surface area contributed by atoms with Crippen LogP contribution in [0.25, 0.3) is 10.8 Å². The van der Waals surface area contributed by atoms with Gasteiger partial charge in [-0.3, -0.25) is 4.90 Å². The second-order valence-electron chi connectivity index (χ2n) is 5.87. The Bertz CT molecular complexity index is 1080. The van der Waals surface area contributed by atoms with Gasteiger partial charge in [0.05, 0.1) is 8.66 Å². The minimum absolute atomic E-state index is 0.270. The van der Waals surface area contributed by atoms with Crippen molar-refractivity contribution in [1.82, 2.24) is 19.0 Å². The molecule has 0 amide bonds. The van der Waals surface area contributed by atoms with Crippen LogP contribution in [0, 0.1) is 0 Å². The van der Waals surface area contributed by atoms with E-state index < -0.39 is 15.8 Å². The number of thiophene rings is 2. The normalized spacial score (nSPS) is 16.8. The molecule has 0 unspecified atom stereocenters. The van der Waals surface area contributed by atoms with Gasteiger partial charge in [-0.2, -0.15) is 8.99 Å². The summed E-state index contributed by atoms with van der Waals surface area (Å²) in [6.07, 6.45) is 0. The second-order valence-corrected chi connectivity index (χ2v) is 11.4. The highest BCUT2D eigenvalue weighted by Crippen LogP contribution is 2.29.